The standard InChI is InChI=1S/C23H25F3N4O/c1-3-5-14-31-20-9-7-6-8-19(20)29-21-18(23(24,25)26)15-27-22(30-21)28-17-12-10-16(4-2)11-13-17/h6-13,15H,3-5,14H2,1-2H3,(H2,27,28,29,30). The zero-order valence-corrected chi connectivity index (χ0v) is 17.5. The van der Waals surface area contributed by atoms with Crippen molar-refractivity contribution in [2.24, 2.45) is 0 Å². The zero-order valence-electron chi connectivity index (χ0n) is 17.5. The van der Waals surface area contributed by atoms with Crippen LogP contribution in [0.1, 0.15) is 37.8 Å². The number of para-hydroxylation sites is 2. The van der Waals surface area contributed by atoms with Crippen LogP contribution in [0.5, 0.6) is 5.75 Å². The van der Waals surface area contributed by atoms with E-state index in [4.69, 9.17) is 4.74 Å². The molecule has 0 aliphatic heterocycles. The SMILES string of the molecule is CCCCOc1ccccc1Nc1nc(Nc2ccc(CC)cc2)ncc1C(F)(F)F. The first-order valence-electron chi connectivity index (χ1n) is 10.2. The van der Waals surface area contributed by atoms with E-state index in [0.29, 0.717) is 23.7 Å². The predicted molar refractivity (Wildman–Crippen MR) is 116 cm³/mol. The number of anilines is 4. The van der Waals surface area contributed by atoms with Crippen LogP contribution in [0.3, 0.4) is 0 Å². The molecule has 5 nitrogen and oxygen atoms in total. The maximum absolute atomic E-state index is 13.6. The number of alkyl halides is 3. The molecule has 8 heteroatoms. The molecular formula is C23H25F3N4O. The Bertz CT molecular complexity index is 991. The molecule has 3 aromatic rings. The van der Waals surface area contributed by atoms with E-state index in [1.165, 1.54) is 0 Å². The summed E-state index contributed by atoms with van der Waals surface area (Å²) in [7, 11) is 0. The van der Waals surface area contributed by atoms with Gasteiger partial charge >= 0.3 is 6.18 Å². The van der Waals surface area contributed by atoms with E-state index in [9.17, 15) is 13.2 Å². The molecule has 0 atom stereocenters. The van der Waals surface area contributed by atoms with E-state index < -0.39 is 11.7 Å². The van der Waals surface area contributed by atoms with Crippen LogP contribution in [0.15, 0.2) is 54.7 Å². The van der Waals surface area contributed by atoms with Crippen molar-refractivity contribution in [3.8, 4) is 5.75 Å². The third-order valence-electron chi connectivity index (χ3n) is 4.61. The Morgan fingerprint density at radius 3 is 2.39 bits per heavy atom. The molecule has 1 heterocycles. The van der Waals surface area contributed by atoms with Crippen LogP contribution in [0.25, 0.3) is 0 Å². The van der Waals surface area contributed by atoms with Crippen LogP contribution in [-0.2, 0) is 12.6 Å². The second-order valence-corrected chi connectivity index (χ2v) is 6.95. The number of unbranched alkanes of at least 4 members (excludes halogenated alkanes) is 1. The van der Waals surface area contributed by atoms with Crippen molar-refractivity contribution in [3.63, 3.8) is 0 Å². The molecule has 0 fully saturated rings. The second-order valence-electron chi connectivity index (χ2n) is 6.95. The minimum atomic E-state index is -4.61. The molecule has 0 radical (unpaired) electrons. The molecule has 0 saturated carbocycles. The van der Waals surface area contributed by atoms with Gasteiger partial charge in [0.1, 0.15) is 17.1 Å². The molecular weight excluding hydrogens is 405 g/mol. The average Bonchev–Trinajstić information content (AvgIpc) is 2.75. The number of nitrogens with zero attached hydrogens (tertiary/aromatic N) is 2. The average molecular weight is 430 g/mol. The molecule has 1 aromatic heterocycles. The normalized spacial score (nSPS) is 11.3. The monoisotopic (exact) mass is 430 g/mol. The summed E-state index contributed by atoms with van der Waals surface area (Å²) in [5, 5.41) is 5.74. The number of aromatic nitrogens is 2. The Labute approximate surface area is 179 Å². The molecule has 0 aliphatic carbocycles. The number of aryl methyl sites for hydroxylation is 1. The summed E-state index contributed by atoms with van der Waals surface area (Å²) in [5.74, 6) is 0.179. The Hall–Kier alpha value is -3.29. The van der Waals surface area contributed by atoms with Gasteiger partial charge in [0.2, 0.25) is 5.95 Å². The van der Waals surface area contributed by atoms with Gasteiger partial charge in [0.15, 0.2) is 0 Å². The van der Waals surface area contributed by atoms with Gasteiger partial charge in [-0.2, -0.15) is 18.2 Å². The van der Waals surface area contributed by atoms with Gasteiger partial charge in [0.05, 0.1) is 12.3 Å². The van der Waals surface area contributed by atoms with Gasteiger partial charge in [0.25, 0.3) is 0 Å². The van der Waals surface area contributed by atoms with Crippen LogP contribution in [0, 0.1) is 0 Å². The number of hydrogen-bond acceptors (Lipinski definition) is 5. The topological polar surface area (TPSA) is 59.1 Å². The van der Waals surface area contributed by atoms with Crippen molar-refractivity contribution in [1.82, 2.24) is 9.97 Å². The summed E-state index contributed by atoms with van der Waals surface area (Å²) in [6, 6.07) is 14.4. The highest BCUT2D eigenvalue weighted by molar-refractivity contribution is 5.67. The fraction of sp³-hybridized carbons (Fsp3) is 0.304. The Balaban J connectivity index is 1.89. The Kier molecular flexibility index (Phi) is 7.33. The first-order chi connectivity index (χ1) is 14.9. The fourth-order valence-corrected chi connectivity index (χ4v) is 2.85. The van der Waals surface area contributed by atoms with Crippen LogP contribution in [-0.4, -0.2) is 16.6 Å². The van der Waals surface area contributed by atoms with Gasteiger partial charge < -0.3 is 15.4 Å². The van der Waals surface area contributed by atoms with Crippen LogP contribution < -0.4 is 15.4 Å². The number of nitrogens with one attached hydrogen (secondary N) is 2. The van der Waals surface area contributed by atoms with E-state index >= 15 is 0 Å². The smallest absolute Gasteiger partial charge is 0.421 e. The van der Waals surface area contributed by atoms with Gasteiger partial charge in [0, 0.05) is 11.9 Å². The maximum atomic E-state index is 13.6. The highest BCUT2D eigenvalue weighted by Crippen LogP contribution is 2.37. The third-order valence-corrected chi connectivity index (χ3v) is 4.61. The fourth-order valence-electron chi connectivity index (χ4n) is 2.85. The molecule has 0 aliphatic rings. The number of halogens is 3. The lowest BCUT2D eigenvalue weighted by Gasteiger charge is -2.17. The molecule has 0 spiro atoms. The van der Waals surface area contributed by atoms with Crippen molar-refractivity contribution in [2.75, 3.05) is 17.2 Å². The molecule has 3 rings (SSSR count). The Morgan fingerprint density at radius 1 is 0.968 bits per heavy atom. The summed E-state index contributed by atoms with van der Waals surface area (Å²) in [5.41, 5.74) is 1.29. The molecule has 0 bridgehead atoms. The number of benzene rings is 2. The molecule has 2 aromatic carbocycles. The summed E-state index contributed by atoms with van der Waals surface area (Å²) >= 11 is 0. The van der Waals surface area contributed by atoms with Gasteiger partial charge in [-0.1, -0.05) is 44.5 Å². The first kappa shape index (κ1) is 22.4. The lowest BCUT2D eigenvalue weighted by atomic mass is 10.1. The van der Waals surface area contributed by atoms with E-state index in [2.05, 4.69) is 20.6 Å². The molecule has 0 unspecified atom stereocenters. The van der Waals surface area contributed by atoms with Crippen molar-refractivity contribution in [1.29, 1.82) is 0 Å². The van der Waals surface area contributed by atoms with E-state index in [1.54, 1.807) is 24.3 Å². The van der Waals surface area contributed by atoms with Crippen molar-refractivity contribution < 1.29 is 17.9 Å². The second kappa shape index (κ2) is 10.1. The van der Waals surface area contributed by atoms with Gasteiger partial charge in [-0.15, -0.1) is 0 Å². The maximum Gasteiger partial charge on any atom is 0.421 e. The van der Waals surface area contributed by atoms with E-state index in [0.717, 1.165) is 31.0 Å². The van der Waals surface area contributed by atoms with Crippen molar-refractivity contribution in [2.45, 2.75) is 39.3 Å². The first-order valence-corrected chi connectivity index (χ1v) is 10.2. The summed E-state index contributed by atoms with van der Waals surface area (Å²) in [6.07, 6.45) is -1.14. The quantitative estimate of drug-likeness (QED) is 0.369. The summed E-state index contributed by atoms with van der Waals surface area (Å²) < 4.78 is 46.4. The molecule has 2 N–H and O–H groups in total. The van der Waals surface area contributed by atoms with E-state index in [1.807, 2.05) is 38.1 Å². The third kappa shape index (κ3) is 6.10. The number of rotatable bonds is 9. The highest BCUT2D eigenvalue weighted by Gasteiger charge is 2.35. The minimum Gasteiger partial charge on any atom is -0.491 e. The molecule has 164 valence electrons. The van der Waals surface area contributed by atoms with Gasteiger partial charge in [-0.3, -0.25) is 0 Å². The highest BCUT2D eigenvalue weighted by atomic mass is 19.4. The minimum absolute atomic E-state index is 0.0594. The molecule has 31 heavy (non-hydrogen) atoms. The van der Waals surface area contributed by atoms with E-state index in [-0.39, 0.29) is 11.8 Å². The lowest BCUT2D eigenvalue weighted by molar-refractivity contribution is -0.137. The number of hydrogen-bond donors (Lipinski definition) is 2. The van der Waals surface area contributed by atoms with Crippen LogP contribution in [0.2, 0.25) is 0 Å². The number of ether oxygens (including phenoxy) is 1. The van der Waals surface area contributed by atoms with Gasteiger partial charge in [-0.05, 0) is 42.7 Å². The summed E-state index contributed by atoms with van der Waals surface area (Å²) in [6.45, 7) is 4.56. The van der Waals surface area contributed by atoms with Crippen LogP contribution >= 0.6 is 0 Å². The largest absolute Gasteiger partial charge is 0.491 e. The van der Waals surface area contributed by atoms with Crippen LogP contribution in [0.4, 0.5) is 36.3 Å². The summed E-state index contributed by atoms with van der Waals surface area (Å²) in [4.78, 5) is 7.96. The zero-order chi connectivity index (χ0) is 22.3. The lowest BCUT2D eigenvalue weighted by Crippen LogP contribution is -2.13. The Morgan fingerprint density at radius 2 is 1.71 bits per heavy atom. The predicted octanol–water partition coefficient (Wildman–Crippen LogP) is 6.72. The van der Waals surface area contributed by atoms with Crippen molar-refractivity contribution in [3.05, 3.63) is 65.9 Å². The molecule has 0 amide bonds. The molecule has 0 saturated heterocycles. The van der Waals surface area contributed by atoms with Gasteiger partial charge in [-0.25, -0.2) is 4.98 Å². The van der Waals surface area contributed by atoms with Crippen molar-refractivity contribution >= 4 is 23.1 Å².